The number of anilines is 1. The SMILES string of the molecule is Cc1ccc(NC(=O)c2ccc(CN3CCN(C)CC3)cc2)cc1Cc1nc(-c2nccs2)cs1. The minimum Gasteiger partial charge on any atom is -0.322 e. The number of likely N-dealkylation sites (N-methyl/N-ethyl adjacent to an activating group) is 1. The summed E-state index contributed by atoms with van der Waals surface area (Å²) in [7, 11) is 2.17. The van der Waals surface area contributed by atoms with Gasteiger partial charge in [-0.05, 0) is 54.9 Å². The molecule has 6 nitrogen and oxygen atoms in total. The van der Waals surface area contributed by atoms with E-state index in [9.17, 15) is 4.79 Å². The van der Waals surface area contributed by atoms with Crippen molar-refractivity contribution in [2.75, 3.05) is 38.5 Å². The molecule has 0 aliphatic carbocycles. The van der Waals surface area contributed by atoms with Crippen LogP contribution in [0.5, 0.6) is 0 Å². The van der Waals surface area contributed by atoms with E-state index in [0.717, 1.165) is 66.1 Å². The standard InChI is InChI=1S/C27H29N5OS2/c1-19-3-8-23(15-22(19)16-25-30-24(18-35-25)27-28-9-14-34-27)29-26(33)21-6-4-20(5-7-21)17-32-12-10-31(2)11-13-32/h3-9,14-15,18H,10-13,16-17H2,1-2H3,(H,29,33). The number of aromatic nitrogens is 2. The van der Waals surface area contributed by atoms with Crippen LogP contribution in [0.1, 0.15) is 32.1 Å². The largest absolute Gasteiger partial charge is 0.322 e. The Hall–Kier alpha value is -2.91. The molecule has 0 atom stereocenters. The van der Waals surface area contributed by atoms with Crippen LogP contribution in [0, 0.1) is 6.92 Å². The number of rotatable bonds is 7. The fourth-order valence-electron chi connectivity index (χ4n) is 4.17. The van der Waals surface area contributed by atoms with Crippen molar-refractivity contribution in [1.29, 1.82) is 0 Å². The number of carbonyl (C=O) groups is 1. The lowest BCUT2D eigenvalue weighted by atomic mass is 10.0. The minimum absolute atomic E-state index is 0.0914. The van der Waals surface area contributed by atoms with Crippen LogP contribution >= 0.6 is 22.7 Å². The summed E-state index contributed by atoms with van der Waals surface area (Å²) in [6.07, 6.45) is 2.53. The van der Waals surface area contributed by atoms with Gasteiger partial charge in [0, 0.05) is 67.4 Å². The Kier molecular flexibility index (Phi) is 7.34. The van der Waals surface area contributed by atoms with E-state index in [1.807, 2.05) is 23.6 Å². The van der Waals surface area contributed by atoms with E-state index in [1.165, 1.54) is 11.1 Å². The third-order valence-electron chi connectivity index (χ3n) is 6.37. The molecule has 180 valence electrons. The van der Waals surface area contributed by atoms with Crippen LogP contribution in [0.4, 0.5) is 5.69 Å². The molecule has 3 heterocycles. The van der Waals surface area contributed by atoms with Crippen molar-refractivity contribution in [3.8, 4) is 10.7 Å². The Morgan fingerprint density at radius 1 is 1.06 bits per heavy atom. The van der Waals surface area contributed by atoms with E-state index in [2.05, 4.69) is 63.7 Å². The molecule has 0 radical (unpaired) electrons. The van der Waals surface area contributed by atoms with Crippen LogP contribution in [-0.4, -0.2) is 58.9 Å². The van der Waals surface area contributed by atoms with Crippen LogP contribution in [0.25, 0.3) is 10.7 Å². The van der Waals surface area contributed by atoms with Crippen molar-refractivity contribution >= 4 is 34.3 Å². The predicted octanol–water partition coefficient (Wildman–Crippen LogP) is 5.17. The summed E-state index contributed by atoms with van der Waals surface area (Å²) >= 11 is 3.24. The molecule has 1 fully saturated rings. The maximum Gasteiger partial charge on any atom is 0.255 e. The van der Waals surface area contributed by atoms with Gasteiger partial charge in [0.1, 0.15) is 10.7 Å². The van der Waals surface area contributed by atoms with E-state index < -0.39 is 0 Å². The molecular weight excluding hydrogens is 474 g/mol. The monoisotopic (exact) mass is 503 g/mol. The lowest BCUT2D eigenvalue weighted by Crippen LogP contribution is -2.43. The number of aryl methyl sites for hydroxylation is 1. The lowest BCUT2D eigenvalue weighted by molar-refractivity contribution is 0.102. The van der Waals surface area contributed by atoms with Gasteiger partial charge in [0.05, 0.1) is 5.01 Å². The van der Waals surface area contributed by atoms with Crippen LogP contribution in [0.15, 0.2) is 59.4 Å². The molecule has 5 rings (SSSR count). The minimum atomic E-state index is -0.0914. The third kappa shape index (κ3) is 6.02. The van der Waals surface area contributed by atoms with Gasteiger partial charge in [0.25, 0.3) is 5.91 Å². The molecular formula is C27H29N5OS2. The normalized spacial score (nSPS) is 14.8. The smallest absolute Gasteiger partial charge is 0.255 e. The fraction of sp³-hybridized carbons (Fsp3) is 0.296. The van der Waals surface area contributed by atoms with Crippen molar-refractivity contribution in [3.63, 3.8) is 0 Å². The lowest BCUT2D eigenvalue weighted by Gasteiger charge is -2.32. The Bertz CT molecular complexity index is 1280. The zero-order valence-corrected chi connectivity index (χ0v) is 21.7. The summed E-state index contributed by atoms with van der Waals surface area (Å²) in [6, 6.07) is 14.0. The highest BCUT2D eigenvalue weighted by Gasteiger charge is 2.15. The van der Waals surface area contributed by atoms with Crippen molar-refractivity contribution in [2.45, 2.75) is 19.9 Å². The molecule has 1 aliphatic heterocycles. The van der Waals surface area contributed by atoms with Gasteiger partial charge in [-0.2, -0.15) is 0 Å². The highest BCUT2D eigenvalue weighted by atomic mass is 32.1. The number of hydrogen-bond donors (Lipinski definition) is 1. The number of nitrogens with zero attached hydrogens (tertiary/aromatic N) is 4. The molecule has 1 saturated heterocycles. The summed E-state index contributed by atoms with van der Waals surface area (Å²) in [5.41, 5.74) is 5.98. The summed E-state index contributed by atoms with van der Waals surface area (Å²) in [6.45, 7) is 7.40. The van der Waals surface area contributed by atoms with E-state index in [0.29, 0.717) is 5.56 Å². The first kappa shape index (κ1) is 23.8. The number of thiazole rings is 2. The Labute approximate surface area is 214 Å². The Morgan fingerprint density at radius 2 is 1.86 bits per heavy atom. The Morgan fingerprint density at radius 3 is 2.60 bits per heavy atom. The van der Waals surface area contributed by atoms with Gasteiger partial charge >= 0.3 is 0 Å². The summed E-state index contributed by atoms with van der Waals surface area (Å²) in [5, 5.41) is 9.07. The van der Waals surface area contributed by atoms with Crippen molar-refractivity contribution < 1.29 is 4.79 Å². The van der Waals surface area contributed by atoms with E-state index >= 15 is 0 Å². The topological polar surface area (TPSA) is 61.4 Å². The van der Waals surface area contributed by atoms with Crippen LogP contribution in [-0.2, 0) is 13.0 Å². The fourth-order valence-corrected chi connectivity index (χ4v) is 5.65. The maximum absolute atomic E-state index is 12.9. The predicted molar refractivity (Wildman–Crippen MR) is 144 cm³/mol. The first-order chi connectivity index (χ1) is 17.0. The number of piperazine rings is 1. The van der Waals surface area contributed by atoms with Crippen LogP contribution in [0.2, 0.25) is 0 Å². The second-order valence-corrected chi connectivity index (χ2v) is 10.8. The van der Waals surface area contributed by atoms with E-state index in [1.54, 1.807) is 28.9 Å². The zero-order valence-electron chi connectivity index (χ0n) is 20.0. The molecule has 35 heavy (non-hydrogen) atoms. The number of carbonyl (C=O) groups excluding carboxylic acids is 1. The molecule has 0 spiro atoms. The average Bonchev–Trinajstić information content (AvgIpc) is 3.55. The first-order valence-electron chi connectivity index (χ1n) is 11.8. The molecule has 1 amide bonds. The Balaban J connectivity index is 1.21. The summed E-state index contributed by atoms with van der Waals surface area (Å²) in [5.74, 6) is -0.0914. The number of benzene rings is 2. The molecule has 0 unspecified atom stereocenters. The van der Waals surface area contributed by atoms with Gasteiger partial charge in [-0.15, -0.1) is 22.7 Å². The van der Waals surface area contributed by atoms with Crippen LogP contribution in [0.3, 0.4) is 0 Å². The number of nitrogens with one attached hydrogen (secondary N) is 1. The molecule has 4 aromatic rings. The quantitative estimate of drug-likeness (QED) is 0.377. The van der Waals surface area contributed by atoms with Gasteiger partial charge in [-0.1, -0.05) is 18.2 Å². The molecule has 8 heteroatoms. The van der Waals surface area contributed by atoms with Gasteiger partial charge in [-0.25, -0.2) is 9.97 Å². The van der Waals surface area contributed by atoms with Crippen LogP contribution < -0.4 is 5.32 Å². The molecule has 2 aromatic carbocycles. The maximum atomic E-state index is 12.9. The molecule has 2 aromatic heterocycles. The second-order valence-electron chi connectivity index (χ2n) is 9.01. The van der Waals surface area contributed by atoms with Crippen molar-refractivity contribution in [2.24, 2.45) is 0 Å². The number of hydrogen-bond acceptors (Lipinski definition) is 7. The van der Waals surface area contributed by atoms with Crippen molar-refractivity contribution in [3.05, 3.63) is 86.7 Å². The van der Waals surface area contributed by atoms with Gasteiger partial charge in [-0.3, -0.25) is 9.69 Å². The van der Waals surface area contributed by atoms with Gasteiger partial charge in [0.2, 0.25) is 0 Å². The van der Waals surface area contributed by atoms with E-state index in [-0.39, 0.29) is 5.91 Å². The van der Waals surface area contributed by atoms with Gasteiger partial charge in [0.15, 0.2) is 0 Å². The number of amides is 1. The summed E-state index contributed by atoms with van der Waals surface area (Å²) in [4.78, 5) is 26.8. The summed E-state index contributed by atoms with van der Waals surface area (Å²) < 4.78 is 0. The molecule has 1 aliphatic rings. The van der Waals surface area contributed by atoms with Crippen molar-refractivity contribution in [1.82, 2.24) is 19.8 Å². The zero-order chi connectivity index (χ0) is 24.2. The third-order valence-corrected chi connectivity index (χ3v) is 8.01. The molecule has 1 N–H and O–H groups in total. The first-order valence-corrected chi connectivity index (χ1v) is 13.5. The molecule has 0 bridgehead atoms. The average molecular weight is 504 g/mol. The second kappa shape index (κ2) is 10.8. The van der Waals surface area contributed by atoms with Gasteiger partial charge < -0.3 is 10.2 Å². The highest BCUT2D eigenvalue weighted by molar-refractivity contribution is 7.14. The van der Waals surface area contributed by atoms with E-state index in [4.69, 9.17) is 4.98 Å². The molecule has 0 saturated carbocycles. The highest BCUT2D eigenvalue weighted by Crippen LogP contribution is 2.26.